The van der Waals surface area contributed by atoms with Gasteiger partial charge >= 0.3 is 5.97 Å². The van der Waals surface area contributed by atoms with Gasteiger partial charge in [-0.25, -0.2) is 9.78 Å². The van der Waals surface area contributed by atoms with Gasteiger partial charge in [-0.15, -0.1) is 11.8 Å². The first-order valence-electron chi connectivity index (χ1n) is 12.6. The SMILES string of the molecule is O=C(Nc1cccc([C@@H]2O[C@H](CSc3ncccc3C(=O)O)C[C@H](c3ccc(CO)cc3)O2)c1)c1cccnc1. The summed E-state index contributed by atoms with van der Waals surface area (Å²) < 4.78 is 12.7. The standard InChI is InChI=1S/C30H27N3O6S/c34-17-19-8-10-20(11-9-19)26-15-24(18-40-28-25(29(36)37)7-3-13-32-28)38-30(39-26)21-4-1-6-23(14-21)33-27(35)22-5-2-12-31-16-22/h1-14,16,24,26,30,34H,15,17-18H2,(H,33,35)(H,36,37)/t24-,26+,30+/m0/s1. The third-order valence-electron chi connectivity index (χ3n) is 6.36. The van der Waals surface area contributed by atoms with Gasteiger partial charge in [-0.1, -0.05) is 36.4 Å². The van der Waals surface area contributed by atoms with E-state index in [4.69, 9.17) is 9.47 Å². The lowest BCUT2D eigenvalue weighted by Crippen LogP contribution is -2.31. The summed E-state index contributed by atoms with van der Waals surface area (Å²) in [6.07, 6.45) is 3.87. The minimum Gasteiger partial charge on any atom is -0.478 e. The number of benzene rings is 2. The molecule has 0 radical (unpaired) electrons. The summed E-state index contributed by atoms with van der Waals surface area (Å²) in [6, 6.07) is 21.4. The van der Waals surface area contributed by atoms with Crippen LogP contribution in [0, 0.1) is 0 Å². The van der Waals surface area contributed by atoms with Gasteiger partial charge in [-0.05, 0) is 47.5 Å². The van der Waals surface area contributed by atoms with E-state index in [1.54, 1.807) is 36.7 Å². The highest BCUT2D eigenvalue weighted by Crippen LogP contribution is 2.40. The summed E-state index contributed by atoms with van der Waals surface area (Å²) in [5, 5.41) is 22.3. The minimum atomic E-state index is -1.03. The number of carboxylic acid groups (broad SMARTS) is 1. The van der Waals surface area contributed by atoms with Crippen LogP contribution in [-0.2, 0) is 16.1 Å². The molecule has 4 aromatic rings. The van der Waals surface area contributed by atoms with E-state index in [0.717, 1.165) is 16.7 Å². The molecule has 0 unspecified atom stereocenters. The van der Waals surface area contributed by atoms with Gasteiger partial charge in [0.2, 0.25) is 0 Å². The molecule has 3 atom stereocenters. The first-order chi connectivity index (χ1) is 19.5. The number of anilines is 1. The smallest absolute Gasteiger partial charge is 0.338 e. The summed E-state index contributed by atoms with van der Waals surface area (Å²) in [7, 11) is 0. The monoisotopic (exact) mass is 557 g/mol. The largest absolute Gasteiger partial charge is 0.478 e. The van der Waals surface area contributed by atoms with E-state index < -0.39 is 12.3 Å². The molecule has 5 rings (SSSR count). The number of aromatic nitrogens is 2. The second kappa shape index (κ2) is 12.8. The summed E-state index contributed by atoms with van der Waals surface area (Å²) in [5.41, 5.74) is 3.62. The molecule has 10 heteroatoms. The Morgan fingerprint density at radius 1 is 0.975 bits per heavy atom. The second-order valence-corrected chi connectivity index (χ2v) is 10.2. The van der Waals surface area contributed by atoms with E-state index in [-0.39, 0.29) is 30.3 Å². The lowest BCUT2D eigenvalue weighted by molar-refractivity contribution is -0.245. The molecule has 40 heavy (non-hydrogen) atoms. The van der Waals surface area contributed by atoms with Crippen molar-refractivity contribution in [1.82, 2.24) is 9.97 Å². The maximum atomic E-state index is 12.7. The van der Waals surface area contributed by atoms with E-state index in [1.807, 2.05) is 42.5 Å². The van der Waals surface area contributed by atoms with Crippen LogP contribution in [0.3, 0.4) is 0 Å². The molecule has 204 valence electrons. The average Bonchev–Trinajstić information content (AvgIpc) is 3.00. The molecular formula is C30H27N3O6S. The molecular weight excluding hydrogens is 530 g/mol. The van der Waals surface area contributed by atoms with Gasteiger partial charge in [0.25, 0.3) is 5.91 Å². The number of amides is 1. The predicted octanol–water partition coefficient (Wildman–Crippen LogP) is 5.26. The van der Waals surface area contributed by atoms with Crippen LogP contribution in [0.5, 0.6) is 0 Å². The Morgan fingerprint density at radius 3 is 2.55 bits per heavy atom. The molecule has 0 spiro atoms. The van der Waals surface area contributed by atoms with Crippen LogP contribution in [0.4, 0.5) is 5.69 Å². The van der Waals surface area contributed by atoms with Gasteiger partial charge in [0.05, 0.1) is 29.9 Å². The number of aliphatic hydroxyl groups is 1. The first kappa shape index (κ1) is 27.5. The summed E-state index contributed by atoms with van der Waals surface area (Å²) >= 11 is 1.32. The Morgan fingerprint density at radius 2 is 1.80 bits per heavy atom. The van der Waals surface area contributed by atoms with E-state index in [9.17, 15) is 19.8 Å². The molecule has 3 heterocycles. The topological polar surface area (TPSA) is 131 Å². The number of nitrogens with one attached hydrogen (secondary N) is 1. The number of carbonyl (C=O) groups excluding carboxylic acids is 1. The van der Waals surface area contributed by atoms with Gasteiger partial charge in [0.1, 0.15) is 5.03 Å². The number of carbonyl (C=O) groups is 2. The van der Waals surface area contributed by atoms with Crippen molar-refractivity contribution in [2.75, 3.05) is 11.1 Å². The van der Waals surface area contributed by atoms with E-state index >= 15 is 0 Å². The molecule has 1 amide bonds. The zero-order valence-corrected chi connectivity index (χ0v) is 22.2. The maximum Gasteiger partial charge on any atom is 0.338 e. The number of ether oxygens (including phenoxy) is 2. The number of aromatic carboxylic acids is 1. The zero-order valence-electron chi connectivity index (χ0n) is 21.3. The highest BCUT2D eigenvalue weighted by atomic mass is 32.2. The molecule has 2 aromatic carbocycles. The van der Waals surface area contributed by atoms with Gasteiger partial charge in [-0.2, -0.15) is 0 Å². The van der Waals surface area contributed by atoms with Gasteiger partial charge in [0, 0.05) is 42.0 Å². The highest BCUT2D eigenvalue weighted by Gasteiger charge is 2.33. The van der Waals surface area contributed by atoms with Crippen molar-refractivity contribution in [1.29, 1.82) is 0 Å². The van der Waals surface area contributed by atoms with Crippen LogP contribution < -0.4 is 5.32 Å². The number of nitrogens with zero attached hydrogens (tertiary/aromatic N) is 2. The van der Waals surface area contributed by atoms with Crippen LogP contribution in [-0.4, -0.2) is 43.9 Å². The minimum absolute atomic E-state index is 0.0512. The molecule has 0 saturated carbocycles. The Bertz CT molecular complexity index is 1470. The normalized spacial score (nSPS) is 18.7. The van der Waals surface area contributed by atoms with Gasteiger partial charge in [0.15, 0.2) is 6.29 Å². The number of hydrogen-bond donors (Lipinski definition) is 3. The number of hydrogen-bond acceptors (Lipinski definition) is 8. The van der Waals surface area contributed by atoms with Crippen molar-refractivity contribution in [3.8, 4) is 0 Å². The lowest BCUT2D eigenvalue weighted by atomic mass is 10.0. The van der Waals surface area contributed by atoms with Crippen molar-refractivity contribution in [3.05, 3.63) is 119 Å². The van der Waals surface area contributed by atoms with Crippen molar-refractivity contribution in [2.45, 2.75) is 36.6 Å². The van der Waals surface area contributed by atoms with Crippen molar-refractivity contribution in [3.63, 3.8) is 0 Å². The number of rotatable bonds is 9. The predicted molar refractivity (Wildman–Crippen MR) is 149 cm³/mol. The second-order valence-electron chi connectivity index (χ2n) is 9.14. The number of aliphatic hydroxyl groups excluding tert-OH is 1. The van der Waals surface area contributed by atoms with Crippen LogP contribution >= 0.6 is 11.8 Å². The molecule has 2 aromatic heterocycles. The molecule has 1 saturated heterocycles. The van der Waals surface area contributed by atoms with Crippen LogP contribution in [0.1, 0.15) is 56.2 Å². The van der Waals surface area contributed by atoms with Crippen LogP contribution in [0.15, 0.2) is 96.4 Å². The third-order valence-corrected chi connectivity index (χ3v) is 7.50. The van der Waals surface area contributed by atoms with Crippen molar-refractivity contribution < 1.29 is 29.3 Å². The third kappa shape index (κ3) is 6.72. The fraction of sp³-hybridized carbons (Fsp3) is 0.200. The first-order valence-corrected chi connectivity index (χ1v) is 13.6. The van der Waals surface area contributed by atoms with Crippen LogP contribution in [0.2, 0.25) is 0 Å². The molecule has 1 aliphatic rings. The maximum absolute atomic E-state index is 12.7. The quantitative estimate of drug-likeness (QED) is 0.236. The molecule has 9 nitrogen and oxygen atoms in total. The summed E-state index contributed by atoms with van der Waals surface area (Å²) in [6.45, 7) is -0.0512. The lowest BCUT2D eigenvalue weighted by Gasteiger charge is -2.36. The Kier molecular flexibility index (Phi) is 8.82. The Labute approximate surface area is 235 Å². The highest BCUT2D eigenvalue weighted by molar-refractivity contribution is 7.99. The van der Waals surface area contributed by atoms with E-state index in [2.05, 4.69) is 15.3 Å². The Hall–Kier alpha value is -4.09. The molecule has 0 bridgehead atoms. The molecule has 3 N–H and O–H groups in total. The van der Waals surface area contributed by atoms with Gasteiger partial charge < -0.3 is 25.0 Å². The number of carboxylic acids is 1. The Balaban J connectivity index is 1.37. The molecule has 1 aliphatic heterocycles. The van der Waals surface area contributed by atoms with Gasteiger partial charge in [-0.3, -0.25) is 9.78 Å². The van der Waals surface area contributed by atoms with Crippen LogP contribution in [0.25, 0.3) is 0 Å². The fourth-order valence-corrected chi connectivity index (χ4v) is 5.33. The van der Waals surface area contributed by atoms with E-state index in [0.29, 0.717) is 28.5 Å². The zero-order chi connectivity index (χ0) is 27.9. The van der Waals surface area contributed by atoms with Crippen molar-refractivity contribution >= 4 is 29.3 Å². The summed E-state index contributed by atoms with van der Waals surface area (Å²) in [5.74, 6) is -0.857. The van der Waals surface area contributed by atoms with E-state index in [1.165, 1.54) is 24.0 Å². The number of thioether (sulfide) groups is 1. The molecule has 0 aliphatic carbocycles. The van der Waals surface area contributed by atoms with Crippen molar-refractivity contribution in [2.24, 2.45) is 0 Å². The fourth-order valence-electron chi connectivity index (χ4n) is 4.33. The summed E-state index contributed by atoms with van der Waals surface area (Å²) in [4.78, 5) is 32.5. The molecule has 1 fully saturated rings. The number of pyridine rings is 2. The average molecular weight is 558 g/mol.